The molecule has 1 aromatic rings. The van der Waals surface area contributed by atoms with Crippen molar-refractivity contribution in [3.63, 3.8) is 0 Å². The first-order valence-electron chi connectivity index (χ1n) is 8.13. The molecule has 1 unspecified atom stereocenters. The third kappa shape index (κ3) is 3.74. The maximum atomic E-state index is 4.69. The van der Waals surface area contributed by atoms with E-state index >= 15 is 0 Å². The largest absolute Gasteiger partial charge is 0.367 e. The van der Waals surface area contributed by atoms with E-state index in [1.54, 1.807) is 0 Å². The normalized spacial score (nSPS) is 20.5. The Bertz CT molecular complexity index is 441. The number of nitrogens with one attached hydrogen (secondary N) is 1. The Kier molecular flexibility index (Phi) is 5.22. The average Bonchev–Trinajstić information content (AvgIpc) is 2.48. The molecule has 4 heteroatoms. The highest BCUT2D eigenvalue weighted by Crippen LogP contribution is 2.25. The number of aromatic nitrogens is 1. The highest BCUT2D eigenvalue weighted by Gasteiger charge is 2.31. The molecule has 0 spiro atoms. The van der Waals surface area contributed by atoms with E-state index in [9.17, 15) is 0 Å². The van der Waals surface area contributed by atoms with Crippen molar-refractivity contribution in [1.82, 2.24) is 15.2 Å². The van der Waals surface area contributed by atoms with E-state index in [1.807, 2.05) is 6.20 Å². The van der Waals surface area contributed by atoms with Crippen LogP contribution < -0.4 is 10.2 Å². The van der Waals surface area contributed by atoms with E-state index in [-0.39, 0.29) is 5.54 Å². The number of hydrogen-bond donors (Lipinski definition) is 1. The molecule has 1 aliphatic heterocycles. The van der Waals surface area contributed by atoms with Crippen LogP contribution in [0, 0.1) is 0 Å². The Morgan fingerprint density at radius 1 is 1.29 bits per heavy atom. The average molecular weight is 290 g/mol. The second kappa shape index (κ2) is 6.75. The van der Waals surface area contributed by atoms with Gasteiger partial charge in [-0.15, -0.1) is 0 Å². The van der Waals surface area contributed by atoms with E-state index in [1.165, 1.54) is 5.69 Å². The molecular formula is C17H30N4. The molecule has 1 atom stereocenters. The van der Waals surface area contributed by atoms with Crippen molar-refractivity contribution in [3.05, 3.63) is 24.0 Å². The van der Waals surface area contributed by atoms with Crippen molar-refractivity contribution in [2.45, 2.75) is 45.7 Å². The van der Waals surface area contributed by atoms with Crippen LogP contribution in [0.1, 0.15) is 45.9 Å². The molecule has 2 rings (SSSR count). The Hall–Kier alpha value is -1.13. The lowest BCUT2D eigenvalue weighted by molar-refractivity contribution is 0.139. The zero-order chi connectivity index (χ0) is 15.5. The van der Waals surface area contributed by atoms with Crippen LogP contribution in [0.25, 0.3) is 0 Å². The van der Waals surface area contributed by atoms with Gasteiger partial charge in [0, 0.05) is 31.2 Å². The van der Waals surface area contributed by atoms with E-state index in [0.717, 1.165) is 38.3 Å². The van der Waals surface area contributed by atoms with E-state index in [4.69, 9.17) is 4.98 Å². The molecule has 0 saturated carbocycles. The molecule has 1 saturated heterocycles. The van der Waals surface area contributed by atoms with Crippen molar-refractivity contribution < 1.29 is 0 Å². The third-order valence-electron chi connectivity index (χ3n) is 4.67. The minimum atomic E-state index is 0.215. The van der Waals surface area contributed by atoms with Gasteiger partial charge in [-0.25, -0.2) is 0 Å². The summed E-state index contributed by atoms with van der Waals surface area (Å²) < 4.78 is 0. The molecule has 0 radical (unpaired) electrons. The Labute approximate surface area is 129 Å². The van der Waals surface area contributed by atoms with Gasteiger partial charge in [0.1, 0.15) is 0 Å². The van der Waals surface area contributed by atoms with E-state index < -0.39 is 0 Å². The van der Waals surface area contributed by atoms with E-state index in [0.29, 0.717) is 6.04 Å². The van der Waals surface area contributed by atoms with Crippen LogP contribution in [0.5, 0.6) is 0 Å². The molecule has 0 amide bonds. The first-order valence-corrected chi connectivity index (χ1v) is 8.13. The van der Waals surface area contributed by atoms with Crippen LogP contribution in [0.15, 0.2) is 18.3 Å². The van der Waals surface area contributed by atoms with Gasteiger partial charge in [0.2, 0.25) is 0 Å². The van der Waals surface area contributed by atoms with Gasteiger partial charge in [0.05, 0.1) is 17.6 Å². The summed E-state index contributed by atoms with van der Waals surface area (Å²) >= 11 is 0. The quantitative estimate of drug-likeness (QED) is 0.903. The van der Waals surface area contributed by atoms with Gasteiger partial charge in [-0.1, -0.05) is 13.8 Å². The van der Waals surface area contributed by atoms with E-state index in [2.05, 4.69) is 62.0 Å². The Morgan fingerprint density at radius 3 is 2.57 bits per heavy atom. The fraction of sp³-hybridized carbons (Fsp3) is 0.706. The lowest BCUT2D eigenvalue weighted by atomic mass is 9.99. The minimum absolute atomic E-state index is 0.215. The van der Waals surface area contributed by atoms with Crippen LogP contribution in [0.2, 0.25) is 0 Å². The molecular weight excluding hydrogens is 260 g/mol. The van der Waals surface area contributed by atoms with Crippen molar-refractivity contribution in [2.75, 3.05) is 38.1 Å². The topological polar surface area (TPSA) is 31.4 Å². The summed E-state index contributed by atoms with van der Waals surface area (Å²) in [6.45, 7) is 13.2. The molecule has 1 fully saturated rings. The summed E-state index contributed by atoms with van der Waals surface area (Å²) in [7, 11) is 2.21. The summed E-state index contributed by atoms with van der Waals surface area (Å²) in [5, 5.41) is 3.48. The molecule has 0 bridgehead atoms. The number of rotatable bonds is 5. The minimum Gasteiger partial charge on any atom is -0.367 e. The second-order valence-electron chi connectivity index (χ2n) is 6.62. The van der Waals surface area contributed by atoms with Crippen molar-refractivity contribution in [3.8, 4) is 0 Å². The van der Waals surface area contributed by atoms with Gasteiger partial charge in [0.15, 0.2) is 0 Å². The zero-order valence-corrected chi connectivity index (χ0v) is 14.2. The number of nitrogens with zero attached hydrogens (tertiary/aromatic N) is 3. The fourth-order valence-electron chi connectivity index (χ4n) is 2.96. The van der Waals surface area contributed by atoms with Gasteiger partial charge in [-0.2, -0.15) is 0 Å². The summed E-state index contributed by atoms with van der Waals surface area (Å²) in [6, 6.07) is 4.77. The first-order chi connectivity index (χ1) is 9.97. The lowest BCUT2D eigenvalue weighted by Gasteiger charge is -2.46. The molecule has 1 N–H and O–H groups in total. The van der Waals surface area contributed by atoms with Crippen LogP contribution >= 0.6 is 0 Å². The zero-order valence-electron chi connectivity index (χ0n) is 14.2. The maximum Gasteiger partial charge on any atom is 0.0574 e. The molecule has 21 heavy (non-hydrogen) atoms. The lowest BCUT2D eigenvalue weighted by Crippen LogP contribution is -2.57. The number of likely N-dealkylation sites (N-methyl/N-ethyl adjacent to an activating group) is 1. The molecule has 1 aromatic heterocycles. The number of anilines is 1. The van der Waals surface area contributed by atoms with Gasteiger partial charge >= 0.3 is 0 Å². The second-order valence-corrected chi connectivity index (χ2v) is 6.62. The third-order valence-corrected chi connectivity index (χ3v) is 4.67. The molecule has 4 nitrogen and oxygen atoms in total. The highest BCUT2D eigenvalue weighted by molar-refractivity contribution is 5.46. The SMILES string of the molecule is CCNC(CC)c1ccc(N2CCN(C)C(C)(C)C2)cn1. The maximum absolute atomic E-state index is 4.69. The standard InChI is InChI=1S/C17H30N4/c1-6-15(18-7-2)16-9-8-14(12-19-16)21-11-10-20(5)17(3,4)13-21/h8-9,12,15,18H,6-7,10-11,13H2,1-5H3. The van der Waals surface area contributed by atoms with Crippen molar-refractivity contribution in [1.29, 1.82) is 0 Å². The monoisotopic (exact) mass is 290 g/mol. The molecule has 2 heterocycles. The van der Waals surface area contributed by atoms with Gasteiger partial charge in [-0.05, 0) is 46.0 Å². The predicted octanol–water partition coefficient (Wildman–Crippen LogP) is 2.67. The number of piperazine rings is 1. The Balaban J connectivity index is 2.08. The Morgan fingerprint density at radius 2 is 2.05 bits per heavy atom. The smallest absolute Gasteiger partial charge is 0.0574 e. The van der Waals surface area contributed by atoms with Crippen LogP contribution in [0.3, 0.4) is 0 Å². The van der Waals surface area contributed by atoms with Gasteiger partial charge < -0.3 is 10.2 Å². The van der Waals surface area contributed by atoms with Crippen LogP contribution in [-0.4, -0.2) is 48.6 Å². The summed E-state index contributed by atoms with van der Waals surface area (Å²) in [6.07, 6.45) is 3.11. The number of hydrogen-bond acceptors (Lipinski definition) is 4. The molecule has 0 aliphatic carbocycles. The van der Waals surface area contributed by atoms with Crippen molar-refractivity contribution >= 4 is 5.69 Å². The summed E-state index contributed by atoms with van der Waals surface area (Å²) in [4.78, 5) is 9.58. The first kappa shape index (κ1) is 16.2. The summed E-state index contributed by atoms with van der Waals surface area (Å²) in [5.41, 5.74) is 2.61. The molecule has 0 aromatic carbocycles. The van der Waals surface area contributed by atoms with Gasteiger partial charge in [0.25, 0.3) is 0 Å². The molecule has 118 valence electrons. The predicted molar refractivity (Wildman–Crippen MR) is 89.9 cm³/mol. The van der Waals surface area contributed by atoms with Crippen molar-refractivity contribution in [2.24, 2.45) is 0 Å². The number of pyridine rings is 1. The fourth-order valence-corrected chi connectivity index (χ4v) is 2.96. The van der Waals surface area contributed by atoms with Crippen LogP contribution in [0.4, 0.5) is 5.69 Å². The summed E-state index contributed by atoms with van der Waals surface area (Å²) in [5.74, 6) is 0. The highest BCUT2D eigenvalue weighted by atomic mass is 15.3. The molecule has 1 aliphatic rings. The van der Waals surface area contributed by atoms with Gasteiger partial charge in [-0.3, -0.25) is 9.88 Å². The van der Waals surface area contributed by atoms with Crippen LogP contribution in [-0.2, 0) is 0 Å².